The third kappa shape index (κ3) is 4.61. The van der Waals surface area contributed by atoms with Crippen LogP contribution >= 0.6 is 0 Å². The molecule has 0 heterocycles. The molecule has 0 amide bonds. The van der Waals surface area contributed by atoms with Crippen molar-refractivity contribution in [1.29, 1.82) is 0 Å². The Morgan fingerprint density at radius 3 is 2.75 bits per heavy atom. The number of aliphatic hydroxyl groups excluding tert-OH is 2. The normalized spacial score (nSPS) is 12.4. The largest absolute Gasteiger partial charge is 0.491 e. The lowest BCUT2D eigenvalue weighted by Crippen LogP contribution is -2.09. The highest BCUT2D eigenvalue weighted by molar-refractivity contribution is 5.29. The summed E-state index contributed by atoms with van der Waals surface area (Å²) in [5, 5.41) is 17.9. The SMILES string of the molecule is CC(O)c1cccc(OCCOCCO)c1. The molecule has 0 saturated carbocycles. The van der Waals surface area contributed by atoms with E-state index in [0.29, 0.717) is 25.6 Å². The van der Waals surface area contributed by atoms with Crippen LogP contribution < -0.4 is 4.74 Å². The summed E-state index contributed by atoms with van der Waals surface area (Å²) < 4.78 is 10.5. The third-order valence-electron chi connectivity index (χ3n) is 2.07. The first-order valence-corrected chi connectivity index (χ1v) is 5.33. The van der Waals surface area contributed by atoms with Crippen LogP contribution in [-0.2, 0) is 4.74 Å². The van der Waals surface area contributed by atoms with Crippen molar-refractivity contribution in [1.82, 2.24) is 0 Å². The molecule has 0 aliphatic rings. The fourth-order valence-corrected chi connectivity index (χ4v) is 1.25. The average Bonchev–Trinajstić information content (AvgIpc) is 2.29. The van der Waals surface area contributed by atoms with Crippen molar-refractivity contribution < 1.29 is 19.7 Å². The van der Waals surface area contributed by atoms with E-state index in [-0.39, 0.29) is 6.61 Å². The molecule has 4 nitrogen and oxygen atoms in total. The van der Waals surface area contributed by atoms with Crippen molar-refractivity contribution in [2.75, 3.05) is 26.4 Å². The molecule has 1 atom stereocenters. The fraction of sp³-hybridized carbons (Fsp3) is 0.500. The molecule has 90 valence electrons. The molecule has 0 bridgehead atoms. The van der Waals surface area contributed by atoms with E-state index in [0.717, 1.165) is 5.56 Å². The predicted octanol–water partition coefficient (Wildman–Crippen LogP) is 1.13. The van der Waals surface area contributed by atoms with Gasteiger partial charge in [0.05, 0.1) is 25.9 Å². The molecule has 2 N–H and O–H groups in total. The Hall–Kier alpha value is -1.10. The Morgan fingerprint density at radius 1 is 1.25 bits per heavy atom. The molecule has 1 unspecified atom stereocenters. The van der Waals surface area contributed by atoms with Crippen molar-refractivity contribution in [2.45, 2.75) is 13.0 Å². The van der Waals surface area contributed by atoms with Crippen molar-refractivity contribution in [2.24, 2.45) is 0 Å². The van der Waals surface area contributed by atoms with Gasteiger partial charge in [-0.1, -0.05) is 12.1 Å². The summed E-state index contributed by atoms with van der Waals surface area (Å²) in [6.45, 7) is 2.95. The zero-order valence-corrected chi connectivity index (χ0v) is 9.43. The first-order chi connectivity index (χ1) is 7.74. The van der Waals surface area contributed by atoms with Gasteiger partial charge >= 0.3 is 0 Å². The molecule has 0 fully saturated rings. The first-order valence-electron chi connectivity index (χ1n) is 5.33. The van der Waals surface area contributed by atoms with E-state index in [1.165, 1.54) is 0 Å². The number of ether oxygens (including phenoxy) is 2. The first kappa shape index (κ1) is 13.0. The maximum absolute atomic E-state index is 9.38. The van der Waals surface area contributed by atoms with Crippen LogP contribution in [0, 0.1) is 0 Å². The minimum absolute atomic E-state index is 0.0253. The molecule has 16 heavy (non-hydrogen) atoms. The lowest BCUT2D eigenvalue weighted by molar-refractivity contribution is 0.0704. The summed E-state index contributed by atoms with van der Waals surface area (Å²) in [6.07, 6.45) is -0.491. The van der Waals surface area contributed by atoms with Gasteiger partial charge in [0.15, 0.2) is 0 Å². The minimum Gasteiger partial charge on any atom is -0.491 e. The molecule has 0 spiro atoms. The highest BCUT2D eigenvalue weighted by atomic mass is 16.5. The van der Waals surface area contributed by atoms with Crippen LogP contribution in [0.1, 0.15) is 18.6 Å². The molecule has 0 aliphatic carbocycles. The van der Waals surface area contributed by atoms with E-state index < -0.39 is 6.10 Å². The van der Waals surface area contributed by atoms with Crippen LogP contribution in [0.15, 0.2) is 24.3 Å². The molecule has 4 heteroatoms. The van der Waals surface area contributed by atoms with Crippen LogP contribution in [-0.4, -0.2) is 36.6 Å². The van der Waals surface area contributed by atoms with Crippen molar-refractivity contribution >= 4 is 0 Å². The molecule has 1 aromatic rings. The molecule has 0 aliphatic heterocycles. The highest BCUT2D eigenvalue weighted by Gasteiger charge is 2.01. The summed E-state index contributed by atoms with van der Waals surface area (Å²) in [7, 11) is 0. The van der Waals surface area contributed by atoms with Crippen LogP contribution in [0.4, 0.5) is 0 Å². The van der Waals surface area contributed by atoms with Crippen LogP contribution in [0.3, 0.4) is 0 Å². The number of rotatable bonds is 7. The molecular formula is C12H18O4. The smallest absolute Gasteiger partial charge is 0.119 e. The maximum Gasteiger partial charge on any atom is 0.119 e. The van der Waals surface area contributed by atoms with Crippen LogP contribution in [0.5, 0.6) is 5.75 Å². The van der Waals surface area contributed by atoms with Gasteiger partial charge in [-0.25, -0.2) is 0 Å². The van der Waals surface area contributed by atoms with Gasteiger partial charge in [0.2, 0.25) is 0 Å². The number of benzene rings is 1. The van der Waals surface area contributed by atoms with Gasteiger partial charge < -0.3 is 19.7 Å². The third-order valence-corrected chi connectivity index (χ3v) is 2.07. The summed E-state index contributed by atoms with van der Waals surface area (Å²) >= 11 is 0. The lowest BCUT2D eigenvalue weighted by Gasteiger charge is -2.09. The lowest BCUT2D eigenvalue weighted by atomic mass is 10.1. The highest BCUT2D eigenvalue weighted by Crippen LogP contribution is 2.18. The van der Waals surface area contributed by atoms with Gasteiger partial charge in [-0.3, -0.25) is 0 Å². The number of aliphatic hydroxyl groups is 2. The topological polar surface area (TPSA) is 58.9 Å². The van der Waals surface area contributed by atoms with Gasteiger partial charge in [-0.15, -0.1) is 0 Å². The standard InChI is InChI=1S/C12H18O4/c1-10(14)11-3-2-4-12(9-11)16-8-7-15-6-5-13/h2-4,9-10,13-14H,5-8H2,1H3. The maximum atomic E-state index is 9.38. The molecule has 1 aromatic carbocycles. The van der Waals surface area contributed by atoms with Gasteiger partial charge in [-0.2, -0.15) is 0 Å². The van der Waals surface area contributed by atoms with Crippen molar-refractivity contribution in [3.63, 3.8) is 0 Å². The van der Waals surface area contributed by atoms with Gasteiger partial charge in [-0.05, 0) is 24.6 Å². The molecule has 0 aromatic heterocycles. The van der Waals surface area contributed by atoms with Gasteiger partial charge in [0, 0.05) is 0 Å². The van der Waals surface area contributed by atoms with E-state index in [1.54, 1.807) is 13.0 Å². The van der Waals surface area contributed by atoms with Gasteiger partial charge in [0.25, 0.3) is 0 Å². The molecule has 0 saturated heterocycles. The average molecular weight is 226 g/mol. The Labute approximate surface area is 95.4 Å². The Morgan fingerprint density at radius 2 is 2.06 bits per heavy atom. The summed E-state index contributed by atoms with van der Waals surface area (Å²) in [5.41, 5.74) is 0.828. The van der Waals surface area contributed by atoms with Gasteiger partial charge in [0.1, 0.15) is 12.4 Å². The number of hydrogen-bond donors (Lipinski definition) is 2. The second kappa shape index (κ2) is 7.22. The molecular weight excluding hydrogens is 208 g/mol. The summed E-state index contributed by atoms with van der Waals surface area (Å²) in [6, 6.07) is 7.32. The Kier molecular flexibility index (Phi) is 5.85. The van der Waals surface area contributed by atoms with E-state index in [1.807, 2.05) is 18.2 Å². The minimum atomic E-state index is -0.491. The number of hydrogen-bond acceptors (Lipinski definition) is 4. The monoisotopic (exact) mass is 226 g/mol. The predicted molar refractivity (Wildman–Crippen MR) is 60.5 cm³/mol. The second-order valence-electron chi connectivity index (χ2n) is 3.43. The Bertz CT molecular complexity index is 299. The second-order valence-corrected chi connectivity index (χ2v) is 3.43. The van der Waals surface area contributed by atoms with Crippen LogP contribution in [0.2, 0.25) is 0 Å². The Balaban J connectivity index is 2.33. The van der Waals surface area contributed by atoms with E-state index in [9.17, 15) is 5.11 Å². The van der Waals surface area contributed by atoms with E-state index in [2.05, 4.69) is 0 Å². The van der Waals surface area contributed by atoms with E-state index in [4.69, 9.17) is 14.6 Å². The quantitative estimate of drug-likeness (QED) is 0.684. The summed E-state index contributed by atoms with van der Waals surface area (Å²) in [4.78, 5) is 0. The summed E-state index contributed by atoms with van der Waals surface area (Å²) in [5.74, 6) is 0.714. The zero-order valence-electron chi connectivity index (χ0n) is 9.43. The fourth-order valence-electron chi connectivity index (χ4n) is 1.25. The van der Waals surface area contributed by atoms with Crippen LogP contribution in [0.25, 0.3) is 0 Å². The van der Waals surface area contributed by atoms with Crippen molar-refractivity contribution in [3.05, 3.63) is 29.8 Å². The molecule has 1 rings (SSSR count). The van der Waals surface area contributed by atoms with Crippen molar-refractivity contribution in [3.8, 4) is 5.75 Å². The molecule has 0 radical (unpaired) electrons. The van der Waals surface area contributed by atoms with E-state index >= 15 is 0 Å². The zero-order chi connectivity index (χ0) is 11.8.